The van der Waals surface area contributed by atoms with E-state index in [2.05, 4.69) is 19.2 Å². The maximum Gasteiger partial charge on any atom is 0.125 e. The Balaban J connectivity index is 2.41. The number of aryl methyl sites for hydroxylation is 1. The Morgan fingerprint density at radius 1 is 1.10 bits per heavy atom. The molecule has 0 radical (unpaired) electrons. The lowest BCUT2D eigenvalue weighted by Gasteiger charge is -2.19. The van der Waals surface area contributed by atoms with Gasteiger partial charge in [-0.1, -0.05) is 43.1 Å². The number of rotatable bonds is 6. The molecule has 0 saturated carbocycles. The van der Waals surface area contributed by atoms with Crippen LogP contribution in [-0.4, -0.2) is 6.54 Å². The van der Waals surface area contributed by atoms with Crippen LogP contribution in [0.1, 0.15) is 43.4 Å². The van der Waals surface area contributed by atoms with E-state index < -0.39 is 0 Å². The molecular weight excluding hydrogens is 293 g/mol. The average molecular weight is 312 g/mol. The molecule has 0 fully saturated rings. The monoisotopic (exact) mass is 311 g/mol. The van der Waals surface area contributed by atoms with Crippen LogP contribution in [0.2, 0.25) is 10.0 Å². The van der Waals surface area contributed by atoms with Crippen molar-refractivity contribution < 1.29 is 4.42 Å². The summed E-state index contributed by atoms with van der Waals surface area (Å²) in [5.41, 5.74) is 0.876. The van der Waals surface area contributed by atoms with E-state index in [0.29, 0.717) is 10.0 Å². The van der Waals surface area contributed by atoms with Gasteiger partial charge >= 0.3 is 0 Å². The minimum Gasteiger partial charge on any atom is -0.464 e. The molecule has 1 aromatic heterocycles. The lowest BCUT2D eigenvalue weighted by Crippen LogP contribution is -2.23. The van der Waals surface area contributed by atoms with Crippen LogP contribution in [0.4, 0.5) is 0 Å². The first-order valence-corrected chi connectivity index (χ1v) is 7.68. The molecule has 0 spiro atoms. The quantitative estimate of drug-likeness (QED) is 0.789. The van der Waals surface area contributed by atoms with Gasteiger partial charge in [0.1, 0.15) is 11.5 Å². The van der Waals surface area contributed by atoms with E-state index in [1.54, 1.807) is 0 Å². The Morgan fingerprint density at radius 2 is 1.80 bits per heavy atom. The molecule has 2 aromatic rings. The van der Waals surface area contributed by atoms with E-state index in [-0.39, 0.29) is 6.04 Å². The van der Waals surface area contributed by atoms with Crippen LogP contribution >= 0.6 is 23.2 Å². The minimum absolute atomic E-state index is 0.114. The van der Waals surface area contributed by atoms with E-state index in [1.807, 2.05) is 30.3 Å². The van der Waals surface area contributed by atoms with Gasteiger partial charge in [0.05, 0.1) is 6.04 Å². The highest BCUT2D eigenvalue weighted by atomic mass is 35.5. The molecule has 1 N–H and O–H groups in total. The van der Waals surface area contributed by atoms with E-state index in [1.165, 1.54) is 0 Å². The van der Waals surface area contributed by atoms with Crippen LogP contribution in [-0.2, 0) is 6.42 Å². The summed E-state index contributed by atoms with van der Waals surface area (Å²) < 4.78 is 5.88. The van der Waals surface area contributed by atoms with Gasteiger partial charge in [-0.05, 0) is 37.2 Å². The molecule has 1 unspecified atom stereocenters. The van der Waals surface area contributed by atoms with Crippen molar-refractivity contribution in [3.63, 3.8) is 0 Å². The molecule has 4 heteroatoms. The second-order valence-corrected chi connectivity index (χ2v) is 5.49. The lowest BCUT2D eigenvalue weighted by atomic mass is 10.0. The molecule has 0 aliphatic rings. The van der Waals surface area contributed by atoms with Gasteiger partial charge in [0.15, 0.2) is 0 Å². The van der Waals surface area contributed by atoms with Crippen molar-refractivity contribution in [3.05, 3.63) is 57.5 Å². The number of hydrogen-bond acceptors (Lipinski definition) is 2. The van der Waals surface area contributed by atoms with Crippen molar-refractivity contribution >= 4 is 23.2 Å². The van der Waals surface area contributed by atoms with Crippen molar-refractivity contribution in [1.82, 2.24) is 5.32 Å². The molecule has 0 aliphatic heterocycles. The standard InChI is InChI=1S/C16H19Cl2NO/c1-3-10-19-16(14-9-8-11(4-2)20-14)15-12(17)6-5-7-13(15)18/h5-9,16,19H,3-4,10H2,1-2H3. The third-order valence-corrected chi connectivity index (χ3v) is 3.86. The summed E-state index contributed by atoms with van der Waals surface area (Å²) in [6, 6.07) is 9.44. The summed E-state index contributed by atoms with van der Waals surface area (Å²) >= 11 is 12.7. The fourth-order valence-corrected chi connectivity index (χ4v) is 2.78. The molecule has 2 nitrogen and oxygen atoms in total. The Kier molecular flexibility index (Phi) is 5.53. The van der Waals surface area contributed by atoms with Crippen LogP contribution in [0.5, 0.6) is 0 Å². The van der Waals surface area contributed by atoms with Crippen molar-refractivity contribution in [3.8, 4) is 0 Å². The van der Waals surface area contributed by atoms with Crippen LogP contribution in [0.3, 0.4) is 0 Å². The highest BCUT2D eigenvalue weighted by Gasteiger charge is 2.22. The molecule has 1 heterocycles. The van der Waals surface area contributed by atoms with Gasteiger partial charge in [-0.3, -0.25) is 0 Å². The summed E-state index contributed by atoms with van der Waals surface area (Å²) in [4.78, 5) is 0. The summed E-state index contributed by atoms with van der Waals surface area (Å²) in [6.07, 6.45) is 1.90. The number of nitrogens with one attached hydrogen (secondary N) is 1. The second-order valence-electron chi connectivity index (χ2n) is 4.68. The largest absolute Gasteiger partial charge is 0.464 e. The molecule has 0 aliphatic carbocycles. The fraction of sp³-hybridized carbons (Fsp3) is 0.375. The number of halogens is 2. The number of furan rings is 1. The van der Waals surface area contributed by atoms with Gasteiger partial charge in [-0.15, -0.1) is 0 Å². The van der Waals surface area contributed by atoms with Crippen molar-refractivity contribution in [2.75, 3.05) is 6.54 Å². The molecule has 1 aromatic carbocycles. The van der Waals surface area contributed by atoms with E-state index in [4.69, 9.17) is 27.6 Å². The minimum atomic E-state index is -0.114. The van der Waals surface area contributed by atoms with Crippen molar-refractivity contribution in [2.45, 2.75) is 32.7 Å². The molecular formula is C16H19Cl2NO. The summed E-state index contributed by atoms with van der Waals surface area (Å²) in [7, 11) is 0. The van der Waals surface area contributed by atoms with Crippen molar-refractivity contribution in [2.24, 2.45) is 0 Å². The predicted molar refractivity (Wildman–Crippen MR) is 84.7 cm³/mol. The Morgan fingerprint density at radius 3 is 2.35 bits per heavy atom. The van der Waals surface area contributed by atoms with E-state index >= 15 is 0 Å². The SMILES string of the molecule is CCCNC(c1ccc(CC)o1)c1c(Cl)cccc1Cl. The van der Waals surface area contributed by atoms with Crippen LogP contribution < -0.4 is 5.32 Å². The topological polar surface area (TPSA) is 25.2 Å². The summed E-state index contributed by atoms with van der Waals surface area (Å²) in [5.74, 6) is 1.82. The van der Waals surface area contributed by atoms with Crippen LogP contribution in [0, 0.1) is 0 Å². The van der Waals surface area contributed by atoms with Crippen LogP contribution in [0.15, 0.2) is 34.7 Å². The fourth-order valence-electron chi connectivity index (χ4n) is 2.16. The Hall–Kier alpha value is -0.960. The normalized spacial score (nSPS) is 12.6. The zero-order valence-electron chi connectivity index (χ0n) is 11.7. The molecule has 108 valence electrons. The van der Waals surface area contributed by atoms with Gasteiger partial charge in [0.25, 0.3) is 0 Å². The molecule has 0 bridgehead atoms. The third-order valence-electron chi connectivity index (χ3n) is 3.20. The average Bonchev–Trinajstić information content (AvgIpc) is 2.90. The maximum absolute atomic E-state index is 6.33. The van der Waals surface area contributed by atoms with Crippen LogP contribution in [0.25, 0.3) is 0 Å². The Bertz CT molecular complexity index is 545. The molecule has 1 atom stereocenters. The van der Waals surface area contributed by atoms with E-state index in [9.17, 15) is 0 Å². The van der Waals surface area contributed by atoms with E-state index in [0.717, 1.165) is 36.5 Å². The Labute approximate surface area is 130 Å². The zero-order valence-corrected chi connectivity index (χ0v) is 13.3. The maximum atomic E-state index is 6.33. The van der Waals surface area contributed by atoms with Gasteiger partial charge in [0, 0.05) is 22.0 Å². The van der Waals surface area contributed by atoms with Crippen molar-refractivity contribution in [1.29, 1.82) is 0 Å². The zero-order chi connectivity index (χ0) is 14.5. The first kappa shape index (κ1) is 15.4. The first-order valence-electron chi connectivity index (χ1n) is 6.93. The molecule has 20 heavy (non-hydrogen) atoms. The predicted octanol–water partition coefficient (Wildman–Crippen LogP) is 5.24. The lowest BCUT2D eigenvalue weighted by molar-refractivity contribution is 0.422. The van der Waals surface area contributed by atoms with Gasteiger partial charge in [-0.25, -0.2) is 0 Å². The first-order chi connectivity index (χ1) is 9.67. The number of benzene rings is 1. The molecule has 0 amide bonds. The van der Waals surface area contributed by atoms with Gasteiger partial charge in [0.2, 0.25) is 0 Å². The molecule has 2 rings (SSSR count). The highest BCUT2D eigenvalue weighted by molar-refractivity contribution is 6.36. The number of hydrogen-bond donors (Lipinski definition) is 1. The summed E-state index contributed by atoms with van der Waals surface area (Å²) in [5, 5.41) is 4.77. The van der Waals surface area contributed by atoms with Gasteiger partial charge in [-0.2, -0.15) is 0 Å². The smallest absolute Gasteiger partial charge is 0.125 e. The molecule has 0 saturated heterocycles. The third kappa shape index (κ3) is 3.38. The second kappa shape index (κ2) is 7.16. The summed E-state index contributed by atoms with van der Waals surface area (Å²) in [6.45, 7) is 5.06. The van der Waals surface area contributed by atoms with Gasteiger partial charge < -0.3 is 9.73 Å². The highest BCUT2D eigenvalue weighted by Crippen LogP contribution is 2.34.